The first kappa shape index (κ1) is 21.0. The van der Waals surface area contributed by atoms with E-state index in [1.54, 1.807) is 35.1 Å². The third-order valence-electron chi connectivity index (χ3n) is 5.95. The number of aromatic nitrogens is 2. The van der Waals surface area contributed by atoms with Crippen LogP contribution in [0.15, 0.2) is 46.5 Å². The molecule has 0 aliphatic carbocycles. The number of rotatable bonds is 7. The van der Waals surface area contributed by atoms with E-state index in [2.05, 4.69) is 21.0 Å². The first-order chi connectivity index (χ1) is 14.5. The Morgan fingerprint density at radius 2 is 2.07 bits per heavy atom. The zero-order valence-corrected chi connectivity index (χ0v) is 18.0. The molecule has 0 spiro atoms. The van der Waals surface area contributed by atoms with Crippen LogP contribution >= 0.6 is 0 Å². The highest BCUT2D eigenvalue weighted by molar-refractivity contribution is 7.91. The standard InChI is InChI=1S/C21H29N5O3S/c1-2-9-26-14-18(13-24-26)30(28,29)17-5-3-15(4-6-17)11-23-21(27)20-10-16-12-22-8-7-19(16)25-20/h3-6,13-14,16,19-20,22,25H,2,7-12H2,1H3,(H,23,27). The summed E-state index contributed by atoms with van der Waals surface area (Å²) in [5.41, 5.74) is 0.862. The molecular formula is C21H29N5O3S. The smallest absolute Gasteiger partial charge is 0.237 e. The molecule has 1 aromatic carbocycles. The average molecular weight is 432 g/mol. The maximum Gasteiger partial charge on any atom is 0.237 e. The molecule has 30 heavy (non-hydrogen) atoms. The molecule has 2 saturated heterocycles. The molecule has 3 atom stereocenters. The van der Waals surface area contributed by atoms with Crippen LogP contribution < -0.4 is 16.0 Å². The Morgan fingerprint density at radius 3 is 2.80 bits per heavy atom. The number of carbonyl (C=O) groups is 1. The number of aryl methyl sites for hydroxylation is 1. The van der Waals surface area contributed by atoms with Crippen molar-refractivity contribution in [3.05, 3.63) is 42.2 Å². The lowest BCUT2D eigenvalue weighted by molar-refractivity contribution is -0.123. The molecule has 1 aromatic heterocycles. The number of piperidine rings is 1. The van der Waals surface area contributed by atoms with Gasteiger partial charge in [-0.25, -0.2) is 8.42 Å². The summed E-state index contributed by atoms with van der Waals surface area (Å²) >= 11 is 0. The normalized spacial score (nSPS) is 23.8. The van der Waals surface area contributed by atoms with E-state index in [0.717, 1.165) is 37.9 Å². The van der Waals surface area contributed by atoms with Crippen LogP contribution in [0.2, 0.25) is 0 Å². The van der Waals surface area contributed by atoms with E-state index in [-0.39, 0.29) is 21.7 Å². The van der Waals surface area contributed by atoms with E-state index in [1.165, 1.54) is 6.20 Å². The highest BCUT2D eigenvalue weighted by Gasteiger charge is 2.38. The highest BCUT2D eigenvalue weighted by Crippen LogP contribution is 2.25. The fourth-order valence-electron chi connectivity index (χ4n) is 4.27. The number of carbonyl (C=O) groups excluding carboxylic acids is 1. The van der Waals surface area contributed by atoms with Crippen LogP contribution in [0.5, 0.6) is 0 Å². The first-order valence-electron chi connectivity index (χ1n) is 10.6. The maximum absolute atomic E-state index is 12.8. The monoisotopic (exact) mass is 431 g/mol. The van der Waals surface area contributed by atoms with E-state index >= 15 is 0 Å². The summed E-state index contributed by atoms with van der Waals surface area (Å²) in [7, 11) is -3.60. The minimum absolute atomic E-state index is 0.00411. The van der Waals surface area contributed by atoms with E-state index < -0.39 is 9.84 Å². The minimum Gasteiger partial charge on any atom is -0.351 e. The van der Waals surface area contributed by atoms with Crippen LogP contribution in [0.25, 0.3) is 0 Å². The molecule has 3 unspecified atom stereocenters. The third-order valence-corrected chi connectivity index (χ3v) is 7.68. The number of hydrogen-bond donors (Lipinski definition) is 3. The molecule has 3 heterocycles. The van der Waals surface area contributed by atoms with Gasteiger partial charge in [0, 0.05) is 25.3 Å². The summed E-state index contributed by atoms with van der Waals surface area (Å²) in [6.45, 7) is 5.04. The molecule has 0 bridgehead atoms. The second kappa shape index (κ2) is 8.87. The SMILES string of the molecule is CCCn1cc(S(=O)(=O)c2ccc(CNC(=O)C3CC4CNCCC4N3)cc2)cn1. The fraction of sp³-hybridized carbons (Fsp3) is 0.524. The van der Waals surface area contributed by atoms with Crippen LogP contribution in [0.4, 0.5) is 0 Å². The maximum atomic E-state index is 12.8. The van der Waals surface area contributed by atoms with Crippen molar-refractivity contribution in [1.82, 2.24) is 25.7 Å². The van der Waals surface area contributed by atoms with Gasteiger partial charge in [-0.05, 0) is 56.0 Å². The summed E-state index contributed by atoms with van der Waals surface area (Å²) in [5, 5.41) is 13.9. The molecule has 4 rings (SSSR count). The number of benzene rings is 1. The quantitative estimate of drug-likeness (QED) is 0.606. The van der Waals surface area contributed by atoms with E-state index in [9.17, 15) is 13.2 Å². The van der Waals surface area contributed by atoms with Crippen LogP contribution in [0.1, 0.15) is 31.7 Å². The Labute approximate surface area is 177 Å². The fourth-order valence-corrected chi connectivity index (χ4v) is 5.48. The predicted octanol–water partition coefficient (Wildman–Crippen LogP) is 1.08. The number of nitrogens with one attached hydrogen (secondary N) is 3. The largest absolute Gasteiger partial charge is 0.351 e. The van der Waals surface area contributed by atoms with E-state index in [0.29, 0.717) is 25.0 Å². The molecule has 2 aliphatic heterocycles. The number of hydrogen-bond acceptors (Lipinski definition) is 6. The van der Waals surface area contributed by atoms with Crippen LogP contribution in [-0.4, -0.2) is 49.3 Å². The average Bonchev–Trinajstić information content (AvgIpc) is 3.40. The van der Waals surface area contributed by atoms with Gasteiger partial charge < -0.3 is 16.0 Å². The molecule has 162 valence electrons. The third kappa shape index (κ3) is 4.43. The van der Waals surface area contributed by atoms with Crippen LogP contribution in [-0.2, 0) is 27.7 Å². The molecule has 9 heteroatoms. The zero-order chi connectivity index (χ0) is 21.1. The van der Waals surface area contributed by atoms with Crippen molar-refractivity contribution in [2.45, 2.75) is 61.2 Å². The Bertz CT molecular complexity index is 972. The van der Waals surface area contributed by atoms with Gasteiger partial charge in [-0.1, -0.05) is 19.1 Å². The Kier molecular flexibility index (Phi) is 6.21. The Morgan fingerprint density at radius 1 is 1.27 bits per heavy atom. The van der Waals surface area contributed by atoms with Gasteiger partial charge in [0.15, 0.2) is 0 Å². The van der Waals surface area contributed by atoms with Crippen molar-refractivity contribution in [1.29, 1.82) is 0 Å². The zero-order valence-electron chi connectivity index (χ0n) is 17.2. The summed E-state index contributed by atoms with van der Waals surface area (Å²) in [6, 6.07) is 6.93. The molecular weight excluding hydrogens is 402 g/mol. The van der Waals surface area contributed by atoms with Gasteiger partial charge in [-0.3, -0.25) is 9.48 Å². The Hall–Kier alpha value is -2.23. The second-order valence-corrected chi connectivity index (χ2v) is 10.1. The van der Waals surface area contributed by atoms with Gasteiger partial charge in [0.05, 0.1) is 17.1 Å². The van der Waals surface area contributed by atoms with Gasteiger partial charge in [0.25, 0.3) is 0 Å². The molecule has 3 N–H and O–H groups in total. The number of nitrogens with zero attached hydrogens (tertiary/aromatic N) is 2. The van der Waals surface area contributed by atoms with E-state index in [4.69, 9.17) is 0 Å². The van der Waals surface area contributed by atoms with Crippen LogP contribution in [0, 0.1) is 5.92 Å². The highest BCUT2D eigenvalue weighted by atomic mass is 32.2. The minimum atomic E-state index is -3.60. The predicted molar refractivity (Wildman–Crippen MR) is 113 cm³/mol. The lowest BCUT2D eigenvalue weighted by atomic mass is 9.94. The molecule has 0 saturated carbocycles. The van der Waals surface area contributed by atoms with Crippen molar-refractivity contribution < 1.29 is 13.2 Å². The topological polar surface area (TPSA) is 105 Å². The van der Waals surface area contributed by atoms with Gasteiger partial charge in [0.2, 0.25) is 15.7 Å². The number of sulfone groups is 1. The number of amides is 1. The van der Waals surface area contributed by atoms with Crippen molar-refractivity contribution in [3.63, 3.8) is 0 Å². The number of fused-ring (bicyclic) bond motifs is 1. The van der Waals surface area contributed by atoms with Crippen LogP contribution in [0.3, 0.4) is 0 Å². The summed E-state index contributed by atoms with van der Waals surface area (Å²) in [4.78, 5) is 12.9. The van der Waals surface area contributed by atoms with E-state index in [1.807, 2.05) is 6.92 Å². The van der Waals surface area contributed by atoms with Crippen molar-refractivity contribution in [3.8, 4) is 0 Å². The van der Waals surface area contributed by atoms with Gasteiger partial charge in [0.1, 0.15) is 4.90 Å². The molecule has 0 radical (unpaired) electrons. The summed E-state index contributed by atoms with van der Waals surface area (Å²) in [6.07, 6.45) is 5.75. The Balaban J connectivity index is 1.35. The molecule has 1 amide bonds. The second-order valence-electron chi connectivity index (χ2n) is 8.12. The first-order valence-corrected chi connectivity index (χ1v) is 12.1. The molecule has 2 aliphatic rings. The lowest BCUT2D eigenvalue weighted by Crippen LogP contribution is -2.45. The van der Waals surface area contributed by atoms with Gasteiger partial charge in [-0.15, -0.1) is 0 Å². The van der Waals surface area contributed by atoms with Crippen molar-refractivity contribution >= 4 is 15.7 Å². The lowest BCUT2D eigenvalue weighted by Gasteiger charge is -2.25. The molecule has 8 nitrogen and oxygen atoms in total. The molecule has 2 aromatic rings. The summed E-state index contributed by atoms with van der Waals surface area (Å²) < 4.78 is 27.2. The van der Waals surface area contributed by atoms with Crippen molar-refractivity contribution in [2.24, 2.45) is 5.92 Å². The van der Waals surface area contributed by atoms with Gasteiger partial charge in [-0.2, -0.15) is 5.10 Å². The van der Waals surface area contributed by atoms with Gasteiger partial charge >= 0.3 is 0 Å². The van der Waals surface area contributed by atoms with Crippen molar-refractivity contribution in [2.75, 3.05) is 13.1 Å². The molecule has 2 fully saturated rings. The summed E-state index contributed by atoms with van der Waals surface area (Å²) in [5.74, 6) is 0.519.